The number of hydrogen-bond acceptors (Lipinski definition) is 5. The lowest BCUT2D eigenvalue weighted by molar-refractivity contribution is 0.260. The van der Waals surface area contributed by atoms with Crippen LogP contribution < -0.4 is 10.6 Å². The van der Waals surface area contributed by atoms with Crippen molar-refractivity contribution in [3.05, 3.63) is 11.4 Å². The summed E-state index contributed by atoms with van der Waals surface area (Å²) < 4.78 is 0. The Morgan fingerprint density at radius 1 is 1.25 bits per heavy atom. The molecule has 1 aromatic heterocycles. The van der Waals surface area contributed by atoms with E-state index in [0.29, 0.717) is 6.04 Å². The van der Waals surface area contributed by atoms with Gasteiger partial charge in [-0.1, -0.05) is 6.92 Å². The predicted molar refractivity (Wildman–Crippen MR) is 84.5 cm³/mol. The van der Waals surface area contributed by atoms with Crippen LogP contribution in [0.15, 0.2) is 0 Å². The molecule has 1 atom stereocenters. The molecule has 1 fully saturated rings. The molecule has 0 radical (unpaired) electrons. The highest BCUT2D eigenvalue weighted by molar-refractivity contribution is 5.57. The first-order chi connectivity index (χ1) is 9.63. The number of aromatic nitrogens is 2. The maximum Gasteiger partial charge on any atom is 0.135 e. The third-order valence-corrected chi connectivity index (χ3v) is 3.82. The van der Waals surface area contributed by atoms with Crippen LogP contribution in [0.1, 0.15) is 38.1 Å². The van der Waals surface area contributed by atoms with E-state index in [0.717, 1.165) is 42.5 Å². The maximum absolute atomic E-state index is 4.67. The fourth-order valence-electron chi connectivity index (χ4n) is 2.68. The summed E-state index contributed by atoms with van der Waals surface area (Å²) in [6.07, 6.45) is 3.32. The van der Waals surface area contributed by atoms with Gasteiger partial charge < -0.3 is 15.5 Å². The van der Waals surface area contributed by atoms with Gasteiger partial charge in [-0.2, -0.15) is 0 Å². The van der Waals surface area contributed by atoms with E-state index in [4.69, 9.17) is 0 Å². The van der Waals surface area contributed by atoms with E-state index in [9.17, 15) is 0 Å². The molecule has 5 nitrogen and oxygen atoms in total. The number of aryl methyl sites for hydroxylation is 1. The lowest BCUT2D eigenvalue weighted by Crippen LogP contribution is -2.40. The lowest BCUT2D eigenvalue weighted by Gasteiger charge is -2.31. The number of rotatable bonds is 5. The molecule has 1 aliphatic rings. The summed E-state index contributed by atoms with van der Waals surface area (Å²) in [5, 5.41) is 6.96. The number of likely N-dealkylation sites (tertiary alicyclic amines) is 1. The van der Waals surface area contributed by atoms with Crippen molar-refractivity contribution >= 4 is 11.6 Å². The van der Waals surface area contributed by atoms with Gasteiger partial charge in [-0.25, -0.2) is 9.97 Å². The monoisotopic (exact) mass is 277 g/mol. The second kappa shape index (κ2) is 6.88. The zero-order valence-electron chi connectivity index (χ0n) is 13.2. The van der Waals surface area contributed by atoms with E-state index in [1.807, 2.05) is 0 Å². The summed E-state index contributed by atoms with van der Waals surface area (Å²) in [6, 6.07) is 0.488. The number of nitrogens with one attached hydrogen (secondary N) is 2. The minimum absolute atomic E-state index is 0.488. The summed E-state index contributed by atoms with van der Waals surface area (Å²) in [5.41, 5.74) is 1.12. The first-order valence-corrected chi connectivity index (χ1v) is 7.70. The van der Waals surface area contributed by atoms with Gasteiger partial charge in [0.1, 0.15) is 17.5 Å². The van der Waals surface area contributed by atoms with Gasteiger partial charge in [-0.05, 0) is 40.3 Å². The van der Waals surface area contributed by atoms with Crippen LogP contribution in [0.25, 0.3) is 0 Å². The first kappa shape index (κ1) is 15.0. The minimum Gasteiger partial charge on any atom is -0.370 e. The second-order valence-electron chi connectivity index (χ2n) is 5.59. The number of piperidine rings is 1. The van der Waals surface area contributed by atoms with Crippen molar-refractivity contribution in [2.24, 2.45) is 0 Å². The highest BCUT2D eigenvalue weighted by atomic mass is 15.2. The van der Waals surface area contributed by atoms with Crippen LogP contribution in [0.5, 0.6) is 0 Å². The van der Waals surface area contributed by atoms with Crippen molar-refractivity contribution in [2.75, 3.05) is 37.3 Å². The minimum atomic E-state index is 0.488. The number of nitrogens with zero attached hydrogens (tertiary/aromatic N) is 3. The smallest absolute Gasteiger partial charge is 0.135 e. The highest BCUT2D eigenvalue weighted by Gasteiger charge is 2.19. The summed E-state index contributed by atoms with van der Waals surface area (Å²) in [4.78, 5) is 11.6. The molecule has 1 aromatic rings. The van der Waals surface area contributed by atoms with E-state index in [1.54, 1.807) is 0 Å². The molecule has 1 unspecified atom stereocenters. The Bertz CT molecular complexity index is 446. The van der Waals surface area contributed by atoms with Gasteiger partial charge in [0, 0.05) is 31.1 Å². The van der Waals surface area contributed by atoms with Gasteiger partial charge in [-0.15, -0.1) is 0 Å². The number of likely N-dealkylation sites (N-methyl/N-ethyl adjacent to an activating group) is 1. The molecule has 0 spiro atoms. The summed E-state index contributed by atoms with van der Waals surface area (Å²) in [6.45, 7) is 9.44. The zero-order chi connectivity index (χ0) is 14.5. The third kappa shape index (κ3) is 3.60. The van der Waals surface area contributed by atoms with Crippen molar-refractivity contribution in [2.45, 2.75) is 46.1 Å². The Hall–Kier alpha value is -1.36. The van der Waals surface area contributed by atoms with Gasteiger partial charge >= 0.3 is 0 Å². The van der Waals surface area contributed by atoms with Crippen LogP contribution in [0.3, 0.4) is 0 Å². The van der Waals surface area contributed by atoms with Gasteiger partial charge in [0.05, 0.1) is 0 Å². The molecular formula is C15H27N5. The van der Waals surface area contributed by atoms with Gasteiger partial charge in [0.25, 0.3) is 0 Å². The molecule has 0 bridgehead atoms. The van der Waals surface area contributed by atoms with E-state index >= 15 is 0 Å². The fraction of sp³-hybridized carbons (Fsp3) is 0.733. The van der Waals surface area contributed by atoms with E-state index in [-0.39, 0.29) is 0 Å². The molecule has 0 saturated carbocycles. The topological polar surface area (TPSA) is 53.1 Å². The Kier molecular flexibility index (Phi) is 5.17. The fourth-order valence-corrected chi connectivity index (χ4v) is 2.68. The normalized spacial score (nSPS) is 19.9. The molecule has 1 saturated heterocycles. The highest BCUT2D eigenvalue weighted by Crippen LogP contribution is 2.22. The van der Waals surface area contributed by atoms with Crippen LogP contribution in [0.4, 0.5) is 11.6 Å². The standard InChI is InChI=1S/C15H27N5/c1-5-13-18-14(16-6-2)11(3)15(19-13)17-12-8-7-9-20(4)10-12/h12H,5-10H2,1-4H3,(H2,16,17,18,19). The van der Waals surface area contributed by atoms with Crippen molar-refractivity contribution in [1.82, 2.24) is 14.9 Å². The Labute approximate surface area is 122 Å². The molecule has 2 heterocycles. The van der Waals surface area contributed by atoms with Crippen LogP contribution >= 0.6 is 0 Å². The zero-order valence-corrected chi connectivity index (χ0v) is 13.2. The summed E-state index contributed by atoms with van der Waals surface area (Å²) >= 11 is 0. The van der Waals surface area contributed by atoms with Crippen molar-refractivity contribution in [1.29, 1.82) is 0 Å². The van der Waals surface area contributed by atoms with Crippen molar-refractivity contribution in [3.8, 4) is 0 Å². The summed E-state index contributed by atoms with van der Waals surface area (Å²) in [7, 11) is 2.18. The van der Waals surface area contributed by atoms with Crippen molar-refractivity contribution in [3.63, 3.8) is 0 Å². The lowest BCUT2D eigenvalue weighted by atomic mass is 10.1. The molecule has 2 N–H and O–H groups in total. The molecule has 112 valence electrons. The average Bonchev–Trinajstić information content (AvgIpc) is 2.43. The molecule has 20 heavy (non-hydrogen) atoms. The molecular weight excluding hydrogens is 250 g/mol. The molecule has 0 aromatic carbocycles. The van der Waals surface area contributed by atoms with Crippen LogP contribution in [-0.2, 0) is 6.42 Å². The average molecular weight is 277 g/mol. The largest absolute Gasteiger partial charge is 0.370 e. The number of hydrogen-bond donors (Lipinski definition) is 2. The van der Waals surface area contributed by atoms with Crippen molar-refractivity contribution < 1.29 is 0 Å². The van der Waals surface area contributed by atoms with E-state index in [2.05, 4.69) is 53.3 Å². The Balaban J connectivity index is 2.18. The molecule has 1 aliphatic heterocycles. The van der Waals surface area contributed by atoms with E-state index < -0.39 is 0 Å². The molecule has 5 heteroatoms. The van der Waals surface area contributed by atoms with Gasteiger partial charge in [-0.3, -0.25) is 0 Å². The van der Waals surface area contributed by atoms with E-state index in [1.165, 1.54) is 19.4 Å². The number of anilines is 2. The molecule has 0 amide bonds. The van der Waals surface area contributed by atoms with Gasteiger partial charge in [0.15, 0.2) is 0 Å². The SMILES string of the molecule is CCNc1nc(CC)nc(NC2CCCN(C)C2)c1C. The van der Waals surface area contributed by atoms with Crippen LogP contribution in [-0.4, -0.2) is 47.6 Å². The predicted octanol–water partition coefficient (Wildman–Crippen LogP) is 2.29. The van der Waals surface area contributed by atoms with Gasteiger partial charge in [0.2, 0.25) is 0 Å². The van der Waals surface area contributed by atoms with Crippen LogP contribution in [0.2, 0.25) is 0 Å². The molecule has 2 rings (SSSR count). The third-order valence-electron chi connectivity index (χ3n) is 3.82. The second-order valence-corrected chi connectivity index (χ2v) is 5.59. The maximum atomic E-state index is 4.67. The Morgan fingerprint density at radius 3 is 2.65 bits per heavy atom. The quantitative estimate of drug-likeness (QED) is 0.865. The van der Waals surface area contributed by atoms with Crippen LogP contribution in [0, 0.1) is 6.92 Å². The first-order valence-electron chi connectivity index (χ1n) is 7.70. The summed E-state index contributed by atoms with van der Waals surface area (Å²) in [5.74, 6) is 2.86. The Morgan fingerprint density at radius 2 is 2.00 bits per heavy atom. The molecule has 0 aliphatic carbocycles.